The van der Waals surface area contributed by atoms with Crippen molar-refractivity contribution in [2.24, 2.45) is 0 Å². The maximum absolute atomic E-state index is 12.4. The summed E-state index contributed by atoms with van der Waals surface area (Å²) in [6, 6.07) is 5.94. The molecule has 1 heterocycles. The molecule has 22 heavy (non-hydrogen) atoms. The molecule has 0 saturated heterocycles. The molecule has 1 aromatic carbocycles. The van der Waals surface area contributed by atoms with Crippen LogP contribution in [0, 0.1) is 6.92 Å². The number of halogens is 1. The predicted octanol–water partition coefficient (Wildman–Crippen LogP) is 2.90. The largest absolute Gasteiger partial charge is 0.480 e. The van der Waals surface area contributed by atoms with Gasteiger partial charge in [-0.25, -0.2) is 4.79 Å². The van der Waals surface area contributed by atoms with E-state index >= 15 is 0 Å². The summed E-state index contributed by atoms with van der Waals surface area (Å²) < 4.78 is 5.08. The van der Waals surface area contributed by atoms with E-state index in [1.165, 1.54) is 0 Å². The number of carbonyl (C=O) groups is 2. The van der Waals surface area contributed by atoms with E-state index in [-0.39, 0.29) is 12.0 Å². The number of carbonyl (C=O) groups excluding carboxylic acids is 1. The van der Waals surface area contributed by atoms with Gasteiger partial charge in [0.05, 0.1) is 5.02 Å². The molecule has 0 fully saturated rings. The number of carboxylic acids is 1. The van der Waals surface area contributed by atoms with Crippen molar-refractivity contribution in [3.63, 3.8) is 0 Å². The molecule has 6 nitrogen and oxygen atoms in total. The van der Waals surface area contributed by atoms with E-state index in [0.717, 1.165) is 0 Å². The number of aliphatic carboxylic acids is 1. The van der Waals surface area contributed by atoms with Gasteiger partial charge in [0.1, 0.15) is 23.1 Å². The SMILES string of the molecule is CCC(NC(=O)c1c(-c2ccccc2Cl)noc1C)C(=O)O. The summed E-state index contributed by atoms with van der Waals surface area (Å²) in [6.45, 7) is 3.26. The molecule has 1 unspecified atom stereocenters. The zero-order valence-corrected chi connectivity index (χ0v) is 12.8. The highest BCUT2D eigenvalue weighted by atomic mass is 35.5. The summed E-state index contributed by atoms with van der Waals surface area (Å²) in [7, 11) is 0. The molecule has 0 saturated carbocycles. The fraction of sp³-hybridized carbons (Fsp3) is 0.267. The second-order valence-electron chi connectivity index (χ2n) is 4.71. The molecule has 2 aromatic rings. The molecule has 0 radical (unpaired) electrons. The Morgan fingerprint density at radius 3 is 2.68 bits per heavy atom. The van der Waals surface area contributed by atoms with Crippen molar-refractivity contribution in [1.29, 1.82) is 0 Å². The molecule has 1 amide bonds. The van der Waals surface area contributed by atoms with Crippen LogP contribution in [0.3, 0.4) is 0 Å². The highest BCUT2D eigenvalue weighted by molar-refractivity contribution is 6.33. The van der Waals surface area contributed by atoms with Crippen molar-refractivity contribution in [3.8, 4) is 11.3 Å². The van der Waals surface area contributed by atoms with Crippen molar-refractivity contribution in [2.75, 3.05) is 0 Å². The Morgan fingerprint density at radius 1 is 1.41 bits per heavy atom. The van der Waals surface area contributed by atoms with Gasteiger partial charge in [-0.05, 0) is 19.4 Å². The van der Waals surface area contributed by atoms with Gasteiger partial charge in [0.15, 0.2) is 0 Å². The lowest BCUT2D eigenvalue weighted by molar-refractivity contribution is -0.139. The van der Waals surface area contributed by atoms with Crippen molar-refractivity contribution in [1.82, 2.24) is 10.5 Å². The number of aryl methyl sites for hydroxylation is 1. The summed E-state index contributed by atoms with van der Waals surface area (Å²) in [5.74, 6) is -1.35. The normalized spacial score (nSPS) is 12.0. The Hall–Kier alpha value is -2.34. The molecule has 1 aromatic heterocycles. The number of nitrogens with zero attached hydrogens (tertiary/aromatic N) is 1. The third-order valence-electron chi connectivity index (χ3n) is 3.23. The minimum Gasteiger partial charge on any atom is -0.480 e. The predicted molar refractivity (Wildman–Crippen MR) is 80.9 cm³/mol. The van der Waals surface area contributed by atoms with E-state index in [2.05, 4.69) is 10.5 Å². The highest BCUT2D eigenvalue weighted by Crippen LogP contribution is 2.30. The van der Waals surface area contributed by atoms with Gasteiger partial charge in [-0.3, -0.25) is 4.79 Å². The summed E-state index contributed by atoms with van der Waals surface area (Å²) in [4.78, 5) is 23.4. The molecule has 1 atom stereocenters. The van der Waals surface area contributed by atoms with Gasteiger partial charge >= 0.3 is 5.97 Å². The lowest BCUT2D eigenvalue weighted by Gasteiger charge is -2.12. The maximum Gasteiger partial charge on any atom is 0.326 e. The van der Waals surface area contributed by atoms with Gasteiger partial charge in [0.2, 0.25) is 0 Å². The lowest BCUT2D eigenvalue weighted by Crippen LogP contribution is -2.40. The first-order valence-corrected chi connectivity index (χ1v) is 7.08. The number of aromatic nitrogens is 1. The number of benzene rings is 1. The van der Waals surface area contributed by atoms with Crippen LogP contribution in [0.15, 0.2) is 28.8 Å². The van der Waals surface area contributed by atoms with Crippen LogP contribution in [0.2, 0.25) is 5.02 Å². The minimum absolute atomic E-state index is 0.188. The molecular weight excluding hydrogens is 308 g/mol. The van der Waals surface area contributed by atoms with Crippen LogP contribution < -0.4 is 5.32 Å². The van der Waals surface area contributed by atoms with Crippen molar-refractivity contribution < 1.29 is 19.2 Å². The van der Waals surface area contributed by atoms with Gasteiger partial charge < -0.3 is 14.9 Å². The van der Waals surface area contributed by atoms with Crippen molar-refractivity contribution >= 4 is 23.5 Å². The Bertz CT molecular complexity index is 711. The fourth-order valence-corrected chi connectivity index (χ4v) is 2.27. The monoisotopic (exact) mass is 322 g/mol. The van der Waals surface area contributed by atoms with Crippen LogP contribution in [0.4, 0.5) is 0 Å². The zero-order valence-electron chi connectivity index (χ0n) is 12.1. The molecule has 0 spiro atoms. The Balaban J connectivity index is 2.40. The first-order chi connectivity index (χ1) is 10.5. The molecule has 2 N–H and O–H groups in total. The first kappa shape index (κ1) is 16.0. The van der Waals surface area contributed by atoms with Gasteiger partial charge in [0, 0.05) is 5.56 Å². The van der Waals surface area contributed by atoms with Crippen LogP contribution >= 0.6 is 11.6 Å². The number of hydrogen-bond acceptors (Lipinski definition) is 4. The number of hydrogen-bond donors (Lipinski definition) is 2. The second kappa shape index (κ2) is 6.62. The highest BCUT2D eigenvalue weighted by Gasteiger charge is 2.26. The fourth-order valence-electron chi connectivity index (χ4n) is 2.05. The van der Waals surface area contributed by atoms with Crippen molar-refractivity contribution in [2.45, 2.75) is 26.3 Å². The van der Waals surface area contributed by atoms with E-state index in [9.17, 15) is 9.59 Å². The third-order valence-corrected chi connectivity index (χ3v) is 3.56. The average molecular weight is 323 g/mol. The number of nitrogens with one attached hydrogen (secondary N) is 1. The average Bonchev–Trinajstić information content (AvgIpc) is 2.86. The van der Waals surface area contributed by atoms with Gasteiger partial charge in [0.25, 0.3) is 5.91 Å². The molecular formula is C15H15ClN2O4. The van der Waals surface area contributed by atoms with Crippen molar-refractivity contribution in [3.05, 3.63) is 40.6 Å². The third kappa shape index (κ3) is 3.12. The van der Waals surface area contributed by atoms with Gasteiger partial charge in [-0.1, -0.05) is 41.9 Å². The zero-order chi connectivity index (χ0) is 16.3. The molecule has 116 valence electrons. The van der Waals surface area contributed by atoms with E-state index in [1.807, 2.05) is 0 Å². The topological polar surface area (TPSA) is 92.4 Å². The molecule has 7 heteroatoms. The van der Waals surface area contributed by atoms with Gasteiger partial charge in [-0.2, -0.15) is 0 Å². The van der Waals surface area contributed by atoms with E-state index in [4.69, 9.17) is 21.2 Å². The standard InChI is InChI=1S/C15H15ClN2O4/c1-3-11(15(20)21)17-14(19)12-8(2)22-18-13(12)9-6-4-5-7-10(9)16/h4-7,11H,3H2,1-2H3,(H,17,19)(H,20,21). The van der Waals surface area contributed by atoms with Crippen LogP contribution in [0.25, 0.3) is 11.3 Å². The summed E-state index contributed by atoms with van der Waals surface area (Å²) in [5.41, 5.74) is 1.03. The Labute approximate surface area is 132 Å². The second-order valence-corrected chi connectivity index (χ2v) is 5.12. The quantitative estimate of drug-likeness (QED) is 0.883. The smallest absolute Gasteiger partial charge is 0.326 e. The van der Waals surface area contributed by atoms with E-state index in [1.54, 1.807) is 38.1 Å². The van der Waals surface area contributed by atoms with E-state index in [0.29, 0.717) is 22.0 Å². The van der Waals surface area contributed by atoms with Crippen LogP contribution in [-0.4, -0.2) is 28.2 Å². The number of amides is 1. The Kier molecular flexibility index (Phi) is 4.82. The number of carboxylic acid groups (broad SMARTS) is 1. The van der Waals surface area contributed by atoms with Crippen LogP contribution in [0.1, 0.15) is 29.5 Å². The molecule has 0 aliphatic heterocycles. The van der Waals surface area contributed by atoms with Gasteiger partial charge in [-0.15, -0.1) is 0 Å². The number of rotatable bonds is 5. The molecule has 0 aliphatic carbocycles. The molecule has 0 aliphatic rings. The summed E-state index contributed by atoms with van der Waals surface area (Å²) >= 11 is 6.12. The lowest BCUT2D eigenvalue weighted by atomic mass is 10.0. The van der Waals surface area contributed by atoms with Crippen LogP contribution in [-0.2, 0) is 4.79 Å². The minimum atomic E-state index is -1.09. The Morgan fingerprint density at radius 2 is 2.09 bits per heavy atom. The molecule has 0 bridgehead atoms. The van der Waals surface area contributed by atoms with E-state index < -0.39 is 17.9 Å². The van der Waals surface area contributed by atoms with Crippen LogP contribution in [0.5, 0.6) is 0 Å². The summed E-state index contributed by atoms with van der Waals surface area (Å²) in [6.07, 6.45) is 0.271. The maximum atomic E-state index is 12.4. The first-order valence-electron chi connectivity index (χ1n) is 6.70. The summed E-state index contributed by atoms with van der Waals surface area (Å²) in [5, 5.41) is 15.8. The molecule has 2 rings (SSSR count).